The van der Waals surface area contributed by atoms with E-state index in [1.807, 2.05) is 24.3 Å². The van der Waals surface area contributed by atoms with Gasteiger partial charge >= 0.3 is 0 Å². The highest BCUT2D eigenvalue weighted by Gasteiger charge is 2.09. The summed E-state index contributed by atoms with van der Waals surface area (Å²) in [5, 5.41) is 2.53. The van der Waals surface area contributed by atoms with Crippen molar-refractivity contribution in [3.63, 3.8) is 0 Å². The van der Waals surface area contributed by atoms with Crippen LogP contribution in [0, 0.1) is 0 Å². The highest BCUT2D eigenvalue weighted by atomic mass is 79.9. The van der Waals surface area contributed by atoms with E-state index in [0.29, 0.717) is 46.1 Å². The molecule has 0 N–H and O–H groups in total. The molecule has 23 heavy (non-hydrogen) atoms. The molecule has 2 aromatic rings. The molecule has 0 unspecified atom stereocenters. The van der Waals surface area contributed by atoms with Crippen LogP contribution in [0.2, 0.25) is 20.1 Å². The zero-order chi connectivity index (χ0) is 17.0. The molecule has 0 aliphatic carbocycles. The third-order valence-electron chi connectivity index (χ3n) is 3.20. The van der Waals surface area contributed by atoms with Gasteiger partial charge in [-0.25, -0.2) is 0 Å². The number of rotatable bonds is 6. The highest BCUT2D eigenvalue weighted by molar-refractivity contribution is 9.10. The topological polar surface area (TPSA) is 9.23 Å². The van der Waals surface area contributed by atoms with Gasteiger partial charge in [-0.05, 0) is 48.2 Å². The number of hydrogen-bond donors (Lipinski definition) is 0. The Morgan fingerprint density at radius 2 is 0.957 bits per heavy atom. The number of ether oxygens (including phenoxy) is 1. The van der Waals surface area contributed by atoms with Gasteiger partial charge in [-0.2, -0.15) is 0 Å². The summed E-state index contributed by atoms with van der Waals surface area (Å²) >= 11 is 31.5. The number of benzene rings is 2. The number of hydrogen-bond acceptors (Lipinski definition) is 1. The van der Waals surface area contributed by atoms with Crippen molar-refractivity contribution in [3.8, 4) is 0 Å². The summed E-state index contributed by atoms with van der Waals surface area (Å²) in [5.41, 5.74) is 1.77. The maximum Gasteiger partial charge on any atom is 0.0507 e. The lowest BCUT2D eigenvalue weighted by molar-refractivity contribution is 0.140. The van der Waals surface area contributed by atoms with Crippen LogP contribution in [0.5, 0.6) is 0 Å². The van der Waals surface area contributed by atoms with E-state index in [0.717, 1.165) is 20.1 Å². The molecular weight excluding hydrogens is 510 g/mol. The minimum absolute atomic E-state index is 0.521. The Kier molecular flexibility index (Phi) is 8.01. The molecule has 124 valence electrons. The molecule has 0 amide bonds. The van der Waals surface area contributed by atoms with Crippen molar-refractivity contribution in [2.45, 2.75) is 12.8 Å². The summed E-state index contributed by atoms with van der Waals surface area (Å²) in [6, 6.07) is 7.29. The van der Waals surface area contributed by atoms with E-state index in [9.17, 15) is 0 Å². The Hall–Kier alpha value is 0.520. The van der Waals surface area contributed by atoms with Crippen LogP contribution in [-0.4, -0.2) is 13.2 Å². The Labute approximate surface area is 172 Å². The third kappa shape index (κ3) is 5.78. The highest BCUT2D eigenvalue weighted by Crippen LogP contribution is 2.30. The normalized spacial score (nSPS) is 11.0. The molecule has 2 rings (SSSR count). The van der Waals surface area contributed by atoms with Gasteiger partial charge in [0.1, 0.15) is 0 Å². The summed E-state index contributed by atoms with van der Waals surface area (Å²) in [5.74, 6) is 0. The summed E-state index contributed by atoms with van der Waals surface area (Å²) < 4.78 is 7.38. The first kappa shape index (κ1) is 19.8. The van der Waals surface area contributed by atoms with Crippen molar-refractivity contribution in [2.75, 3.05) is 13.2 Å². The van der Waals surface area contributed by atoms with Crippen LogP contribution in [0.4, 0.5) is 0 Å². The fourth-order valence-corrected chi connectivity index (χ4v) is 4.87. The minimum Gasteiger partial charge on any atom is -0.381 e. The minimum atomic E-state index is 0.521. The summed E-state index contributed by atoms with van der Waals surface area (Å²) in [6.07, 6.45) is 1.29. The molecule has 0 spiro atoms. The molecule has 0 atom stereocenters. The molecule has 0 saturated carbocycles. The van der Waals surface area contributed by atoms with E-state index in [1.165, 1.54) is 0 Å². The van der Waals surface area contributed by atoms with Gasteiger partial charge in [-0.15, -0.1) is 0 Å². The van der Waals surface area contributed by atoms with Gasteiger partial charge in [0.2, 0.25) is 0 Å². The van der Waals surface area contributed by atoms with Gasteiger partial charge in [0, 0.05) is 29.0 Å². The summed E-state index contributed by atoms with van der Waals surface area (Å²) in [6.45, 7) is 1.04. The predicted molar refractivity (Wildman–Crippen MR) is 107 cm³/mol. The van der Waals surface area contributed by atoms with E-state index < -0.39 is 0 Å². The quantitative estimate of drug-likeness (QED) is 0.355. The summed E-state index contributed by atoms with van der Waals surface area (Å²) in [7, 11) is 0. The molecule has 0 heterocycles. The molecule has 2 aromatic carbocycles. The van der Waals surface area contributed by atoms with Crippen LogP contribution >= 0.6 is 78.3 Å². The molecule has 0 radical (unpaired) electrons. The second-order valence-corrected chi connectivity index (χ2v) is 8.27. The predicted octanol–water partition coefficient (Wildman–Crippen LogP) is 7.63. The van der Waals surface area contributed by atoms with E-state index >= 15 is 0 Å². The molecule has 0 saturated heterocycles. The first-order chi connectivity index (χ1) is 10.9. The van der Waals surface area contributed by atoms with E-state index in [4.69, 9.17) is 51.1 Å². The lowest BCUT2D eigenvalue weighted by atomic mass is 10.1. The van der Waals surface area contributed by atoms with Crippen LogP contribution in [0.25, 0.3) is 0 Å². The van der Waals surface area contributed by atoms with Crippen molar-refractivity contribution in [3.05, 3.63) is 64.4 Å². The molecule has 0 aromatic heterocycles. The van der Waals surface area contributed by atoms with Gasteiger partial charge < -0.3 is 4.74 Å². The van der Waals surface area contributed by atoms with Crippen LogP contribution in [-0.2, 0) is 17.6 Å². The average molecular weight is 522 g/mol. The molecule has 0 fully saturated rings. The lowest BCUT2D eigenvalue weighted by Gasteiger charge is -2.10. The lowest BCUT2D eigenvalue weighted by Crippen LogP contribution is -2.04. The zero-order valence-corrected chi connectivity index (χ0v) is 18.0. The van der Waals surface area contributed by atoms with Crippen LogP contribution < -0.4 is 0 Å². The van der Waals surface area contributed by atoms with Crippen molar-refractivity contribution < 1.29 is 4.74 Å². The van der Waals surface area contributed by atoms with Crippen molar-refractivity contribution in [2.24, 2.45) is 0 Å². The smallest absolute Gasteiger partial charge is 0.0507 e. The summed E-state index contributed by atoms with van der Waals surface area (Å²) in [4.78, 5) is 0. The Morgan fingerprint density at radius 1 is 0.652 bits per heavy atom. The Morgan fingerprint density at radius 3 is 1.26 bits per heavy atom. The molecule has 0 aliphatic rings. The van der Waals surface area contributed by atoms with E-state index in [2.05, 4.69) is 31.9 Å². The van der Waals surface area contributed by atoms with Gasteiger partial charge in [0.05, 0.1) is 13.2 Å². The second kappa shape index (κ2) is 9.28. The maximum absolute atomic E-state index is 6.19. The van der Waals surface area contributed by atoms with Crippen LogP contribution in [0.1, 0.15) is 11.1 Å². The fraction of sp³-hybridized carbons (Fsp3) is 0.250. The first-order valence-electron chi connectivity index (χ1n) is 6.73. The van der Waals surface area contributed by atoms with E-state index in [1.54, 1.807) is 0 Å². The van der Waals surface area contributed by atoms with Crippen LogP contribution in [0.3, 0.4) is 0 Å². The van der Waals surface area contributed by atoms with Gasteiger partial charge in [0.25, 0.3) is 0 Å². The monoisotopic (exact) mass is 518 g/mol. The molecule has 0 bridgehead atoms. The van der Waals surface area contributed by atoms with E-state index in [-0.39, 0.29) is 0 Å². The molecule has 0 aliphatic heterocycles. The Balaban J connectivity index is 1.85. The Bertz CT molecular complexity index is 601. The molecule has 7 heteroatoms. The molecular formula is C16H12Br2Cl4O. The largest absolute Gasteiger partial charge is 0.381 e. The average Bonchev–Trinajstić information content (AvgIpc) is 2.42. The van der Waals surface area contributed by atoms with Gasteiger partial charge in [-0.1, -0.05) is 78.3 Å². The van der Waals surface area contributed by atoms with Gasteiger partial charge in [-0.3, -0.25) is 0 Å². The van der Waals surface area contributed by atoms with Crippen molar-refractivity contribution in [1.29, 1.82) is 0 Å². The first-order valence-corrected chi connectivity index (χ1v) is 9.83. The van der Waals surface area contributed by atoms with Crippen molar-refractivity contribution in [1.82, 2.24) is 0 Å². The zero-order valence-electron chi connectivity index (χ0n) is 11.8. The fourth-order valence-electron chi connectivity index (χ4n) is 2.07. The number of halogens is 6. The third-order valence-corrected chi connectivity index (χ3v) is 5.47. The van der Waals surface area contributed by atoms with Crippen LogP contribution in [0.15, 0.2) is 33.2 Å². The van der Waals surface area contributed by atoms with Crippen molar-refractivity contribution >= 4 is 78.3 Å². The van der Waals surface area contributed by atoms with Gasteiger partial charge in [0.15, 0.2) is 0 Å². The maximum atomic E-state index is 6.19. The molecule has 1 nitrogen and oxygen atoms in total. The second-order valence-electron chi connectivity index (χ2n) is 4.81. The standard InChI is InChI=1S/C16H12Br2Cl4O/c17-9-5-13(19)11(14(20)6-9)1-3-23-4-2-12-15(21)7-10(18)8-16(12)22/h5-8H,1-4H2. The SMILES string of the molecule is Clc1cc(Br)cc(Cl)c1CCOCCc1c(Cl)cc(Br)cc1Cl.